The minimum Gasteiger partial charge on any atom is -0.497 e. The third kappa shape index (κ3) is 7.26. The summed E-state index contributed by atoms with van der Waals surface area (Å²) in [5, 5.41) is 24.3. The summed E-state index contributed by atoms with van der Waals surface area (Å²) in [6, 6.07) is 18.8. The number of rotatable bonds is 10. The van der Waals surface area contributed by atoms with E-state index in [1.165, 1.54) is 23.4 Å². The second kappa shape index (κ2) is 15.0. The molecule has 3 heterocycles. The zero-order valence-corrected chi connectivity index (χ0v) is 32.1. The van der Waals surface area contributed by atoms with Crippen molar-refractivity contribution in [3.8, 4) is 40.4 Å². The minimum atomic E-state index is -1.35. The largest absolute Gasteiger partial charge is 0.497 e. The number of H-pyrrole nitrogens is 2. The lowest BCUT2D eigenvalue weighted by Crippen LogP contribution is -2.41. The van der Waals surface area contributed by atoms with Crippen LogP contribution in [0.25, 0.3) is 11.4 Å². The van der Waals surface area contributed by atoms with E-state index in [-0.39, 0.29) is 32.1 Å². The molecule has 278 valence electrons. The molecule has 0 unspecified atom stereocenters. The first-order chi connectivity index (χ1) is 25.3. The van der Waals surface area contributed by atoms with E-state index < -0.39 is 28.8 Å². The summed E-state index contributed by atoms with van der Waals surface area (Å²) in [6.07, 6.45) is 2.14. The van der Waals surface area contributed by atoms with E-state index in [0.717, 1.165) is 31.5 Å². The molecule has 1 saturated heterocycles. The fourth-order valence-corrected chi connectivity index (χ4v) is 7.88. The molecule has 14 heteroatoms. The van der Waals surface area contributed by atoms with Crippen LogP contribution in [0.2, 0.25) is 0 Å². The highest BCUT2D eigenvalue weighted by Crippen LogP contribution is 2.42. The van der Waals surface area contributed by atoms with Gasteiger partial charge in [-0.3, -0.25) is 33.6 Å². The first-order valence-electron chi connectivity index (χ1n) is 17.2. The average Bonchev–Trinajstić information content (AvgIpc) is 3.13. The van der Waals surface area contributed by atoms with Crippen molar-refractivity contribution < 1.29 is 24.4 Å². The van der Waals surface area contributed by atoms with Crippen LogP contribution in [-0.4, -0.2) is 68.6 Å². The molecule has 2 aromatic heterocycles. The van der Waals surface area contributed by atoms with Gasteiger partial charge in [-0.1, -0.05) is 32.0 Å². The minimum absolute atomic E-state index is 0.0921. The van der Waals surface area contributed by atoms with Crippen molar-refractivity contribution >= 4 is 24.4 Å². The monoisotopic (exact) mass is 757 g/mol. The Morgan fingerprint density at radius 1 is 0.774 bits per heavy atom. The number of piperidine rings is 1. The van der Waals surface area contributed by atoms with E-state index in [0.29, 0.717) is 34.2 Å². The van der Waals surface area contributed by atoms with Gasteiger partial charge >= 0.3 is 0 Å². The van der Waals surface area contributed by atoms with Gasteiger partial charge in [0.1, 0.15) is 17.2 Å². The van der Waals surface area contributed by atoms with Gasteiger partial charge in [-0.2, -0.15) is 0 Å². The van der Waals surface area contributed by atoms with Crippen LogP contribution in [0.3, 0.4) is 0 Å². The zero-order chi connectivity index (χ0) is 38.2. The Labute approximate surface area is 316 Å². The van der Waals surface area contributed by atoms with Crippen molar-refractivity contribution in [3.05, 3.63) is 119 Å². The van der Waals surface area contributed by atoms with Crippen LogP contribution in [-0.2, 0) is 0 Å². The number of nitrogens with zero attached hydrogens (tertiary/aromatic N) is 3. The molecule has 0 spiro atoms. The smallest absolute Gasteiger partial charge is 0.259 e. The van der Waals surface area contributed by atoms with Crippen LogP contribution < -0.4 is 25.3 Å². The fraction of sp³-hybridized carbons (Fsp3) is 0.333. The normalized spacial score (nSPS) is 14.9. The number of methoxy groups -OCH3 is 3. The van der Waals surface area contributed by atoms with Crippen molar-refractivity contribution in [1.82, 2.24) is 24.0 Å². The van der Waals surface area contributed by atoms with Crippen molar-refractivity contribution in [1.29, 1.82) is 0 Å². The SMILES string of the molecule is COc1cccc(-n2c(O)c(C(c3ccc(OC)c([C@H](C)N4CCCC(C)(C)C4)c3)c3c(O)n(-c4cccc(OC)c4)c(=S)[nH]c3=O)c(=O)[nH]c2=S)c1. The van der Waals surface area contributed by atoms with Gasteiger partial charge in [0.2, 0.25) is 11.8 Å². The number of hydrogen-bond acceptors (Lipinski definition) is 10. The Morgan fingerprint density at radius 3 is 1.77 bits per heavy atom. The summed E-state index contributed by atoms with van der Waals surface area (Å²) in [7, 11) is 4.61. The van der Waals surface area contributed by atoms with E-state index in [2.05, 4.69) is 35.6 Å². The maximum atomic E-state index is 14.2. The number of ether oxygens (including phenoxy) is 3. The van der Waals surface area contributed by atoms with Gasteiger partial charge in [0.15, 0.2) is 9.54 Å². The van der Waals surface area contributed by atoms with Crippen molar-refractivity contribution in [2.24, 2.45) is 5.41 Å². The number of hydrogen-bond donors (Lipinski definition) is 4. The molecule has 3 aromatic carbocycles. The van der Waals surface area contributed by atoms with Gasteiger partial charge < -0.3 is 24.4 Å². The second-order valence-corrected chi connectivity index (χ2v) is 14.7. The van der Waals surface area contributed by atoms with Crippen molar-refractivity contribution in [2.75, 3.05) is 34.4 Å². The molecule has 0 aliphatic carbocycles. The highest BCUT2D eigenvalue weighted by Gasteiger charge is 2.35. The quantitative estimate of drug-likeness (QED) is 0.111. The Balaban J connectivity index is 1.67. The summed E-state index contributed by atoms with van der Waals surface area (Å²) in [5.74, 6) is -0.838. The summed E-state index contributed by atoms with van der Waals surface area (Å²) in [6.45, 7) is 8.33. The summed E-state index contributed by atoms with van der Waals surface area (Å²) >= 11 is 11.1. The maximum absolute atomic E-state index is 14.2. The lowest BCUT2D eigenvalue weighted by atomic mass is 9.82. The molecule has 0 amide bonds. The van der Waals surface area contributed by atoms with Gasteiger partial charge in [-0.05, 0) is 98.1 Å². The van der Waals surface area contributed by atoms with Gasteiger partial charge in [0.05, 0.1) is 49.7 Å². The number of aromatic nitrogens is 4. The number of aromatic hydroxyl groups is 2. The van der Waals surface area contributed by atoms with Crippen LogP contribution in [0.4, 0.5) is 0 Å². The molecule has 1 aliphatic heterocycles. The summed E-state index contributed by atoms with van der Waals surface area (Å²) in [4.78, 5) is 36.1. The molecule has 0 saturated carbocycles. The molecule has 1 aliphatic rings. The van der Waals surface area contributed by atoms with Crippen LogP contribution in [0.15, 0.2) is 76.3 Å². The van der Waals surface area contributed by atoms with Crippen LogP contribution in [0.1, 0.15) is 67.8 Å². The number of aromatic amines is 2. The molecule has 0 bridgehead atoms. The standard InChI is InChI=1S/C39H43N5O7S2/c1-22(42-17-9-16-39(2,3)21-42)28-18-23(14-15-29(28)51-6)30(31-33(45)40-37(52)43(35(31)47)24-10-7-12-26(19-24)49-4)32-34(46)41-38(53)44(36(32)48)25-11-8-13-27(20-25)50-5/h7-8,10-15,18-20,22,30,47-48H,9,16-17,21H2,1-6H3,(H,40,45,52)(H,41,46,53)/t22-/m0/s1. The van der Waals surface area contributed by atoms with Crippen LogP contribution in [0.5, 0.6) is 29.0 Å². The van der Waals surface area contributed by atoms with Gasteiger partial charge in [0, 0.05) is 30.3 Å². The highest BCUT2D eigenvalue weighted by molar-refractivity contribution is 7.71. The number of likely N-dealkylation sites (tertiary alicyclic amines) is 1. The van der Waals surface area contributed by atoms with E-state index in [4.69, 9.17) is 38.6 Å². The molecule has 53 heavy (non-hydrogen) atoms. The van der Waals surface area contributed by atoms with Gasteiger partial charge in [-0.25, -0.2) is 0 Å². The first kappa shape index (κ1) is 37.6. The molecule has 1 fully saturated rings. The molecular weight excluding hydrogens is 715 g/mol. The van der Waals surface area contributed by atoms with E-state index in [1.807, 2.05) is 6.07 Å². The van der Waals surface area contributed by atoms with Crippen LogP contribution in [0, 0.1) is 15.0 Å². The fourth-order valence-electron chi connectivity index (χ4n) is 7.31. The Bertz CT molecular complexity index is 2290. The van der Waals surface area contributed by atoms with Gasteiger partial charge in [-0.15, -0.1) is 0 Å². The molecule has 0 radical (unpaired) electrons. The third-order valence-electron chi connectivity index (χ3n) is 9.96. The molecule has 1 atom stereocenters. The van der Waals surface area contributed by atoms with Crippen LogP contribution >= 0.6 is 24.4 Å². The van der Waals surface area contributed by atoms with E-state index >= 15 is 0 Å². The molecule has 6 rings (SSSR count). The third-order valence-corrected chi connectivity index (χ3v) is 10.5. The lowest BCUT2D eigenvalue weighted by Gasteiger charge is -2.41. The highest BCUT2D eigenvalue weighted by atomic mass is 32.1. The van der Waals surface area contributed by atoms with E-state index in [1.54, 1.807) is 67.8 Å². The lowest BCUT2D eigenvalue weighted by molar-refractivity contribution is 0.0835. The second-order valence-electron chi connectivity index (χ2n) is 13.9. The molecule has 12 nitrogen and oxygen atoms in total. The number of nitrogens with one attached hydrogen (secondary N) is 2. The van der Waals surface area contributed by atoms with Gasteiger partial charge in [0.25, 0.3) is 11.1 Å². The maximum Gasteiger partial charge on any atom is 0.259 e. The molecule has 5 aromatic rings. The zero-order valence-electron chi connectivity index (χ0n) is 30.4. The molecule has 4 N–H and O–H groups in total. The predicted octanol–water partition coefficient (Wildman–Crippen LogP) is 6.90. The summed E-state index contributed by atoms with van der Waals surface area (Å²) < 4.78 is 19.1. The predicted molar refractivity (Wildman–Crippen MR) is 208 cm³/mol. The number of benzene rings is 3. The van der Waals surface area contributed by atoms with Crippen molar-refractivity contribution in [2.45, 2.75) is 45.6 Å². The topological polar surface area (TPSA) is 147 Å². The summed E-state index contributed by atoms with van der Waals surface area (Å²) in [5.41, 5.74) is 0.143. The van der Waals surface area contributed by atoms with Crippen molar-refractivity contribution in [3.63, 3.8) is 0 Å². The Hall–Kier alpha value is -5.18. The Morgan fingerprint density at radius 2 is 1.30 bits per heavy atom. The average molecular weight is 758 g/mol. The molecular formula is C39H43N5O7S2. The van der Waals surface area contributed by atoms with E-state index in [9.17, 15) is 19.8 Å². The first-order valence-corrected chi connectivity index (χ1v) is 18.0. The Kier molecular flexibility index (Phi) is 10.7.